The molecule has 1 aromatic rings. The number of nitrogens with zero attached hydrogens (tertiary/aromatic N) is 1. The molecule has 1 heterocycles. The third kappa shape index (κ3) is 2.55. The maximum atomic E-state index is 11.1. The Bertz CT molecular complexity index is 363. The van der Waals surface area contributed by atoms with Gasteiger partial charge in [-0.15, -0.1) is 0 Å². The van der Waals surface area contributed by atoms with E-state index in [4.69, 9.17) is 0 Å². The molecule has 0 unspecified atom stereocenters. The summed E-state index contributed by atoms with van der Waals surface area (Å²) in [5, 5.41) is 2.47. The number of esters is 1. The summed E-state index contributed by atoms with van der Waals surface area (Å²) in [6.07, 6.45) is 0. The molecule has 0 bridgehead atoms. The fourth-order valence-electron chi connectivity index (χ4n) is 0.903. The topological polar surface area (TPSA) is 68.3 Å². The Morgan fingerprint density at radius 3 is 2.71 bits per heavy atom. The number of hydrogen-bond acceptors (Lipinski definition) is 4. The number of pyridine rings is 1. The number of carbonyl (C=O) groups excluding carboxylic acids is 2. The lowest BCUT2D eigenvalue weighted by Crippen LogP contribution is -2.10. The van der Waals surface area contributed by atoms with Gasteiger partial charge in [0.1, 0.15) is 5.82 Å². The minimum Gasteiger partial charge on any atom is -0.464 e. The lowest BCUT2D eigenvalue weighted by molar-refractivity contribution is -0.114. The molecule has 0 aromatic carbocycles. The maximum Gasteiger partial charge on any atom is 0.356 e. The van der Waals surface area contributed by atoms with E-state index < -0.39 is 5.97 Å². The summed E-state index contributed by atoms with van der Waals surface area (Å²) >= 11 is 0. The standard InChI is InChI=1S/C9H10N2O3/c1-6(12)10-8-5-3-4-7(11-8)9(13)14-2/h3-5H,1-2H3,(H,10,11,12). The van der Waals surface area contributed by atoms with Crippen LogP contribution in [0.3, 0.4) is 0 Å². The summed E-state index contributed by atoms with van der Waals surface area (Å²) in [6, 6.07) is 4.72. The van der Waals surface area contributed by atoms with Gasteiger partial charge >= 0.3 is 5.97 Å². The largest absolute Gasteiger partial charge is 0.464 e. The first-order chi connectivity index (χ1) is 6.63. The summed E-state index contributed by atoms with van der Waals surface area (Å²) in [5.41, 5.74) is 0.166. The van der Waals surface area contributed by atoms with E-state index in [1.807, 2.05) is 0 Å². The van der Waals surface area contributed by atoms with Gasteiger partial charge in [-0.2, -0.15) is 0 Å². The molecule has 14 heavy (non-hydrogen) atoms. The summed E-state index contributed by atoms with van der Waals surface area (Å²) in [6.45, 7) is 1.37. The van der Waals surface area contributed by atoms with E-state index in [0.717, 1.165) is 0 Å². The van der Waals surface area contributed by atoms with Crippen LogP contribution in [-0.4, -0.2) is 24.0 Å². The Labute approximate surface area is 81.1 Å². The number of nitrogens with one attached hydrogen (secondary N) is 1. The zero-order valence-corrected chi connectivity index (χ0v) is 7.90. The predicted molar refractivity (Wildman–Crippen MR) is 49.9 cm³/mol. The van der Waals surface area contributed by atoms with Crippen molar-refractivity contribution in [3.63, 3.8) is 0 Å². The number of ether oxygens (including phenoxy) is 1. The van der Waals surface area contributed by atoms with Crippen molar-refractivity contribution in [3.05, 3.63) is 23.9 Å². The van der Waals surface area contributed by atoms with Gasteiger partial charge < -0.3 is 10.1 Å². The molecule has 0 saturated heterocycles. The van der Waals surface area contributed by atoms with Crippen molar-refractivity contribution in [3.8, 4) is 0 Å². The van der Waals surface area contributed by atoms with Gasteiger partial charge in [-0.05, 0) is 12.1 Å². The molecule has 5 nitrogen and oxygen atoms in total. The third-order valence-electron chi connectivity index (χ3n) is 1.45. The van der Waals surface area contributed by atoms with Crippen LogP contribution in [-0.2, 0) is 9.53 Å². The average molecular weight is 194 g/mol. The second-order valence-corrected chi connectivity index (χ2v) is 2.58. The molecule has 1 amide bonds. The SMILES string of the molecule is COC(=O)c1cccc(NC(C)=O)n1. The number of carbonyl (C=O) groups is 2. The third-order valence-corrected chi connectivity index (χ3v) is 1.45. The average Bonchev–Trinajstić information content (AvgIpc) is 2.16. The number of amides is 1. The van der Waals surface area contributed by atoms with Gasteiger partial charge in [-0.1, -0.05) is 6.07 Å². The Morgan fingerprint density at radius 1 is 1.43 bits per heavy atom. The first kappa shape index (κ1) is 10.2. The van der Waals surface area contributed by atoms with E-state index in [1.165, 1.54) is 20.1 Å². The molecule has 0 saturated carbocycles. The van der Waals surface area contributed by atoms with Gasteiger partial charge in [0, 0.05) is 6.92 Å². The molecular weight excluding hydrogens is 184 g/mol. The lowest BCUT2D eigenvalue weighted by Gasteiger charge is -2.02. The Hall–Kier alpha value is -1.91. The Morgan fingerprint density at radius 2 is 2.14 bits per heavy atom. The van der Waals surface area contributed by atoms with Gasteiger partial charge in [0.2, 0.25) is 5.91 Å². The predicted octanol–water partition coefficient (Wildman–Crippen LogP) is 0.827. The maximum absolute atomic E-state index is 11.1. The molecule has 0 aliphatic carbocycles. The molecule has 0 aliphatic rings. The number of rotatable bonds is 2. The summed E-state index contributed by atoms with van der Waals surface area (Å²) in [7, 11) is 1.27. The molecule has 1 N–H and O–H groups in total. The normalized spacial score (nSPS) is 9.29. The van der Waals surface area contributed by atoms with E-state index in [2.05, 4.69) is 15.0 Å². The molecule has 0 atom stereocenters. The molecule has 0 spiro atoms. The van der Waals surface area contributed by atoms with Crippen molar-refractivity contribution in [2.24, 2.45) is 0 Å². The van der Waals surface area contributed by atoms with Crippen LogP contribution >= 0.6 is 0 Å². The van der Waals surface area contributed by atoms with Gasteiger partial charge in [0.25, 0.3) is 0 Å². The zero-order valence-electron chi connectivity index (χ0n) is 7.90. The van der Waals surface area contributed by atoms with Crippen molar-refractivity contribution >= 4 is 17.7 Å². The molecular formula is C9H10N2O3. The number of methoxy groups -OCH3 is 1. The van der Waals surface area contributed by atoms with Crippen LogP contribution in [0.4, 0.5) is 5.82 Å². The second-order valence-electron chi connectivity index (χ2n) is 2.58. The smallest absolute Gasteiger partial charge is 0.356 e. The number of anilines is 1. The molecule has 5 heteroatoms. The summed E-state index contributed by atoms with van der Waals surface area (Å²) in [4.78, 5) is 25.6. The summed E-state index contributed by atoms with van der Waals surface area (Å²) in [5.74, 6) is -0.433. The quantitative estimate of drug-likeness (QED) is 0.708. The molecule has 0 radical (unpaired) electrons. The van der Waals surface area contributed by atoms with Crippen molar-refractivity contribution in [1.82, 2.24) is 4.98 Å². The van der Waals surface area contributed by atoms with Crippen molar-refractivity contribution in [1.29, 1.82) is 0 Å². The fourth-order valence-corrected chi connectivity index (χ4v) is 0.903. The van der Waals surface area contributed by atoms with Crippen LogP contribution in [0.5, 0.6) is 0 Å². The van der Waals surface area contributed by atoms with E-state index >= 15 is 0 Å². The first-order valence-corrected chi connectivity index (χ1v) is 3.96. The van der Waals surface area contributed by atoms with Crippen LogP contribution in [0.15, 0.2) is 18.2 Å². The molecule has 0 fully saturated rings. The number of hydrogen-bond donors (Lipinski definition) is 1. The molecule has 1 aromatic heterocycles. The van der Waals surface area contributed by atoms with Crippen LogP contribution in [0, 0.1) is 0 Å². The van der Waals surface area contributed by atoms with E-state index in [-0.39, 0.29) is 11.6 Å². The van der Waals surface area contributed by atoms with E-state index in [1.54, 1.807) is 12.1 Å². The highest BCUT2D eigenvalue weighted by atomic mass is 16.5. The highest BCUT2D eigenvalue weighted by Crippen LogP contribution is 2.05. The van der Waals surface area contributed by atoms with Crippen molar-refractivity contribution in [2.75, 3.05) is 12.4 Å². The van der Waals surface area contributed by atoms with Crippen molar-refractivity contribution < 1.29 is 14.3 Å². The number of aromatic nitrogens is 1. The van der Waals surface area contributed by atoms with Gasteiger partial charge in [0.15, 0.2) is 5.69 Å². The van der Waals surface area contributed by atoms with Crippen LogP contribution in [0.1, 0.15) is 17.4 Å². The van der Waals surface area contributed by atoms with Gasteiger partial charge in [-0.3, -0.25) is 4.79 Å². The highest BCUT2D eigenvalue weighted by molar-refractivity contribution is 5.90. The molecule has 74 valence electrons. The summed E-state index contributed by atoms with van der Waals surface area (Å²) < 4.78 is 4.48. The monoisotopic (exact) mass is 194 g/mol. The first-order valence-electron chi connectivity index (χ1n) is 3.96. The van der Waals surface area contributed by atoms with Crippen LogP contribution in [0.2, 0.25) is 0 Å². The van der Waals surface area contributed by atoms with E-state index in [9.17, 15) is 9.59 Å². The van der Waals surface area contributed by atoms with Gasteiger partial charge in [0.05, 0.1) is 7.11 Å². The minimum atomic E-state index is -0.530. The Balaban J connectivity index is 2.89. The zero-order chi connectivity index (χ0) is 10.6. The Kier molecular flexibility index (Phi) is 3.17. The van der Waals surface area contributed by atoms with Crippen LogP contribution < -0.4 is 5.32 Å². The second kappa shape index (κ2) is 4.36. The lowest BCUT2D eigenvalue weighted by atomic mass is 10.3. The van der Waals surface area contributed by atoms with Gasteiger partial charge in [-0.25, -0.2) is 9.78 Å². The molecule has 1 rings (SSSR count). The van der Waals surface area contributed by atoms with E-state index in [0.29, 0.717) is 5.82 Å². The van der Waals surface area contributed by atoms with Crippen molar-refractivity contribution in [2.45, 2.75) is 6.92 Å². The fraction of sp³-hybridized carbons (Fsp3) is 0.222. The highest BCUT2D eigenvalue weighted by Gasteiger charge is 2.07. The van der Waals surface area contributed by atoms with Crippen LogP contribution in [0.25, 0.3) is 0 Å². The molecule has 0 aliphatic heterocycles. The minimum absolute atomic E-state index is 0.166.